The molecule has 2 N–H and O–H groups in total. The Morgan fingerprint density at radius 3 is 2.75 bits per heavy atom. The van der Waals surface area contributed by atoms with Crippen LogP contribution in [0.5, 0.6) is 11.6 Å². The number of ether oxygens (including phenoxy) is 1. The number of aryl methyl sites for hydroxylation is 1. The van der Waals surface area contributed by atoms with Gasteiger partial charge in [-0.25, -0.2) is 14.4 Å². The topological polar surface area (TPSA) is 61.0 Å². The van der Waals surface area contributed by atoms with Gasteiger partial charge in [0.25, 0.3) is 0 Å². The van der Waals surface area contributed by atoms with Crippen molar-refractivity contribution in [2.75, 3.05) is 5.73 Å². The minimum atomic E-state index is -0.315. The molecule has 5 heteroatoms. The molecule has 0 aliphatic carbocycles. The van der Waals surface area contributed by atoms with Crippen LogP contribution in [0.2, 0.25) is 0 Å². The number of hydrogen-bond acceptors (Lipinski definition) is 4. The molecule has 4 nitrogen and oxygen atoms in total. The van der Waals surface area contributed by atoms with E-state index in [0.29, 0.717) is 28.4 Å². The highest BCUT2D eigenvalue weighted by molar-refractivity contribution is 5.85. The van der Waals surface area contributed by atoms with Gasteiger partial charge in [0.2, 0.25) is 5.88 Å². The van der Waals surface area contributed by atoms with Crippen molar-refractivity contribution in [2.45, 2.75) is 6.92 Å². The number of rotatable bonds is 2. The van der Waals surface area contributed by atoms with Crippen LogP contribution >= 0.6 is 0 Å². The number of anilines is 1. The molecule has 0 aliphatic rings. The fourth-order valence-electron chi connectivity index (χ4n) is 1.88. The lowest BCUT2D eigenvalue weighted by Gasteiger charge is -2.08. The summed E-state index contributed by atoms with van der Waals surface area (Å²) in [5, 5.41) is 0.725. The van der Waals surface area contributed by atoms with E-state index in [1.54, 1.807) is 37.3 Å². The van der Waals surface area contributed by atoms with Gasteiger partial charge in [0.05, 0.1) is 10.9 Å². The Balaban J connectivity index is 2.04. The van der Waals surface area contributed by atoms with Crippen molar-refractivity contribution in [3.05, 3.63) is 54.1 Å². The highest BCUT2D eigenvalue weighted by atomic mass is 19.1. The van der Waals surface area contributed by atoms with E-state index in [1.807, 2.05) is 0 Å². The summed E-state index contributed by atoms with van der Waals surface area (Å²) < 4.78 is 19.2. The van der Waals surface area contributed by atoms with Crippen LogP contribution < -0.4 is 10.5 Å². The molecule has 0 unspecified atom stereocenters. The molecule has 3 rings (SSSR count). The first-order chi connectivity index (χ1) is 9.63. The molecule has 0 amide bonds. The number of halogens is 1. The van der Waals surface area contributed by atoms with Gasteiger partial charge in [-0.1, -0.05) is 6.07 Å². The zero-order valence-corrected chi connectivity index (χ0v) is 10.8. The second kappa shape index (κ2) is 4.77. The van der Waals surface area contributed by atoms with Crippen LogP contribution in [0.3, 0.4) is 0 Å². The van der Waals surface area contributed by atoms with Crippen LogP contribution in [0.4, 0.5) is 10.1 Å². The van der Waals surface area contributed by atoms with E-state index in [1.165, 1.54) is 12.4 Å². The molecule has 0 saturated carbocycles. The fraction of sp³-hybridized carbons (Fsp3) is 0.0667. The zero-order valence-electron chi connectivity index (χ0n) is 10.8. The predicted molar refractivity (Wildman–Crippen MR) is 75.2 cm³/mol. The van der Waals surface area contributed by atoms with Crippen LogP contribution in [0.1, 0.15) is 5.56 Å². The summed E-state index contributed by atoms with van der Waals surface area (Å²) in [7, 11) is 0. The summed E-state index contributed by atoms with van der Waals surface area (Å²) in [6, 6.07) is 9.95. The molecule has 100 valence electrons. The first-order valence-electron chi connectivity index (χ1n) is 6.08. The molecule has 20 heavy (non-hydrogen) atoms. The molecule has 2 aromatic carbocycles. The maximum atomic E-state index is 13.5. The van der Waals surface area contributed by atoms with Gasteiger partial charge in [-0.15, -0.1) is 0 Å². The second-order valence-electron chi connectivity index (χ2n) is 4.47. The molecule has 0 fully saturated rings. The Hall–Kier alpha value is -2.69. The Labute approximate surface area is 115 Å². The van der Waals surface area contributed by atoms with Gasteiger partial charge in [0.1, 0.15) is 17.9 Å². The van der Waals surface area contributed by atoms with Gasteiger partial charge in [-0.2, -0.15) is 0 Å². The first-order valence-corrected chi connectivity index (χ1v) is 6.08. The molecular formula is C15H12FN3O. The fourth-order valence-corrected chi connectivity index (χ4v) is 1.88. The number of fused-ring (bicyclic) bond motifs is 1. The van der Waals surface area contributed by atoms with Crippen LogP contribution in [0.15, 0.2) is 42.7 Å². The molecule has 0 aliphatic heterocycles. The summed E-state index contributed by atoms with van der Waals surface area (Å²) in [6.07, 6.45) is 1.39. The van der Waals surface area contributed by atoms with Gasteiger partial charge in [0, 0.05) is 11.8 Å². The molecule has 1 heterocycles. The molecule has 1 aromatic heterocycles. The van der Waals surface area contributed by atoms with E-state index < -0.39 is 0 Å². The summed E-state index contributed by atoms with van der Waals surface area (Å²) in [6.45, 7) is 1.70. The van der Waals surface area contributed by atoms with E-state index >= 15 is 0 Å². The van der Waals surface area contributed by atoms with E-state index in [-0.39, 0.29) is 5.82 Å². The molecule has 0 atom stereocenters. The number of nitrogen functional groups attached to an aromatic ring is 1. The molecular weight excluding hydrogens is 257 g/mol. The predicted octanol–water partition coefficient (Wildman–Crippen LogP) is 3.45. The Bertz CT molecular complexity index is 789. The average molecular weight is 269 g/mol. The standard InChI is InChI=1S/C15H12FN3O/c1-9-2-4-11(7-13(9)16)20-15-12-5-3-10(17)6-14(12)18-8-19-15/h2-8H,17H2,1H3. The van der Waals surface area contributed by atoms with Crippen LogP contribution in [-0.4, -0.2) is 9.97 Å². The van der Waals surface area contributed by atoms with Gasteiger partial charge in [-0.05, 0) is 36.8 Å². The molecule has 3 aromatic rings. The van der Waals surface area contributed by atoms with Crippen molar-refractivity contribution >= 4 is 16.6 Å². The molecule has 0 bridgehead atoms. The number of benzene rings is 2. The van der Waals surface area contributed by atoms with E-state index in [0.717, 1.165) is 5.39 Å². The Morgan fingerprint density at radius 2 is 1.95 bits per heavy atom. The van der Waals surface area contributed by atoms with Crippen LogP contribution in [0.25, 0.3) is 10.9 Å². The first kappa shape index (κ1) is 12.3. The van der Waals surface area contributed by atoms with E-state index in [4.69, 9.17) is 10.5 Å². The third-order valence-corrected chi connectivity index (χ3v) is 2.98. The minimum absolute atomic E-state index is 0.315. The Morgan fingerprint density at radius 1 is 1.10 bits per heavy atom. The number of aromatic nitrogens is 2. The molecule has 0 radical (unpaired) electrons. The summed E-state index contributed by atoms with van der Waals surface area (Å²) in [5.41, 5.74) is 7.58. The van der Waals surface area contributed by atoms with Crippen molar-refractivity contribution in [1.82, 2.24) is 9.97 Å². The normalized spacial score (nSPS) is 10.7. The maximum absolute atomic E-state index is 13.5. The van der Waals surface area contributed by atoms with Crippen molar-refractivity contribution < 1.29 is 9.13 Å². The van der Waals surface area contributed by atoms with Gasteiger partial charge >= 0.3 is 0 Å². The lowest BCUT2D eigenvalue weighted by atomic mass is 10.2. The van der Waals surface area contributed by atoms with E-state index in [2.05, 4.69) is 9.97 Å². The second-order valence-corrected chi connectivity index (χ2v) is 4.47. The number of hydrogen-bond donors (Lipinski definition) is 1. The van der Waals surface area contributed by atoms with Gasteiger partial charge in [0.15, 0.2) is 0 Å². The van der Waals surface area contributed by atoms with Crippen LogP contribution in [0, 0.1) is 12.7 Å². The number of nitrogens with zero attached hydrogens (tertiary/aromatic N) is 2. The highest BCUT2D eigenvalue weighted by Crippen LogP contribution is 2.28. The summed E-state index contributed by atoms with van der Waals surface area (Å²) in [4.78, 5) is 8.22. The largest absolute Gasteiger partial charge is 0.438 e. The third-order valence-electron chi connectivity index (χ3n) is 2.98. The number of nitrogens with two attached hydrogens (primary N) is 1. The SMILES string of the molecule is Cc1ccc(Oc2ncnc3cc(N)ccc23)cc1F. The molecule has 0 saturated heterocycles. The van der Waals surface area contributed by atoms with E-state index in [9.17, 15) is 4.39 Å². The minimum Gasteiger partial charge on any atom is -0.438 e. The van der Waals surface area contributed by atoms with Crippen molar-refractivity contribution in [3.8, 4) is 11.6 Å². The maximum Gasteiger partial charge on any atom is 0.230 e. The van der Waals surface area contributed by atoms with Gasteiger partial charge in [-0.3, -0.25) is 0 Å². The van der Waals surface area contributed by atoms with Crippen LogP contribution in [-0.2, 0) is 0 Å². The zero-order chi connectivity index (χ0) is 14.1. The smallest absolute Gasteiger partial charge is 0.230 e. The lowest BCUT2D eigenvalue weighted by molar-refractivity contribution is 0.462. The van der Waals surface area contributed by atoms with Crippen molar-refractivity contribution in [1.29, 1.82) is 0 Å². The quantitative estimate of drug-likeness (QED) is 0.724. The monoisotopic (exact) mass is 269 g/mol. The van der Waals surface area contributed by atoms with Crippen molar-refractivity contribution in [2.24, 2.45) is 0 Å². The highest BCUT2D eigenvalue weighted by Gasteiger charge is 2.07. The lowest BCUT2D eigenvalue weighted by Crippen LogP contribution is -1.93. The van der Waals surface area contributed by atoms with Gasteiger partial charge < -0.3 is 10.5 Å². The average Bonchev–Trinajstić information content (AvgIpc) is 2.43. The Kier molecular flexibility index (Phi) is 2.95. The summed E-state index contributed by atoms with van der Waals surface area (Å²) in [5.74, 6) is 0.452. The third kappa shape index (κ3) is 2.25. The van der Waals surface area contributed by atoms with Crippen molar-refractivity contribution in [3.63, 3.8) is 0 Å². The summed E-state index contributed by atoms with van der Waals surface area (Å²) >= 11 is 0. The molecule has 0 spiro atoms.